The van der Waals surface area contributed by atoms with Crippen LogP contribution in [0.1, 0.15) is 15.9 Å². The molecule has 0 saturated carbocycles. The molecule has 1 amide bonds. The molecule has 0 aliphatic rings. The highest BCUT2D eigenvalue weighted by atomic mass is 19.4. The number of halogens is 3. The summed E-state index contributed by atoms with van der Waals surface area (Å²) in [5.41, 5.74) is -0.502. The minimum Gasteiger partial charge on any atom is -0.478 e. The van der Waals surface area contributed by atoms with Crippen LogP contribution in [0.15, 0.2) is 60.7 Å². The number of carbonyl (C=O) groups excluding carboxylic acids is 1. The Kier molecular flexibility index (Phi) is 5.03. The molecule has 2 rings (SSSR count). The number of carbonyl (C=O) groups is 2. The van der Waals surface area contributed by atoms with E-state index in [1.54, 1.807) is 0 Å². The molecule has 0 saturated heterocycles. The van der Waals surface area contributed by atoms with Gasteiger partial charge in [-0.3, -0.25) is 4.79 Å². The van der Waals surface area contributed by atoms with E-state index < -0.39 is 18.2 Å². The van der Waals surface area contributed by atoms with Crippen LogP contribution in [0, 0.1) is 0 Å². The molecule has 0 radical (unpaired) electrons. The summed E-state index contributed by atoms with van der Waals surface area (Å²) < 4.78 is 40.1. The van der Waals surface area contributed by atoms with Gasteiger partial charge in [-0.25, -0.2) is 9.69 Å². The molecule has 4 nitrogen and oxygen atoms in total. The van der Waals surface area contributed by atoms with E-state index in [0.29, 0.717) is 0 Å². The van der Waals surface area contributed by atoms with E-state index in [9.17, 15) is 22.8 Å². The number of carboxylic acid groups (broad SMARTS) is 1. The van der Waals surface area contributed by atoms with E-state index >= 15 is 0 Å². The lowest BCUT2D eigenvalue weighted by atomic mass is 10.1. The summed E-state index contributed by atoms with van der Waals surface area (Å²) in [7, 11) is 0. The van der Waals surface area contributed by atoms with Crippen LogP contribution in [-0.2, 0) is 4.79 Å². The molecule has 0 atom stereocenters. The lowest BCUT2D eigenvalue weighted by Gasteiger charge is -2.25. The van der Waals surface area contributed by atoms with Crippen molar-refractivity contribution in [3.63, 3.8) is 0 Å². The minimum atomic E-state index is -4.93. The van der Waals surface area contributed by atoms with Gasteiger partial charge in [0.05, 0.1) is 5.69 Å². The third-order valence-corrected chi connectivity index (χ3v) is 3.07. The molecular formula is C17H12F3NO3. The highest BCUT2D eigenvalue weighted by Gasteiger charge is 2.42. The zero-order chi connectivity index (χ0) is 17.7. The standard InChI is InChI=1S/C17H12F3NO3/c18-17(19,20)21(13-7-2-1-3-8-13)16(24)14-9-5-4-6-12(14)10-11-15(22)23/h1-11H,(H,22,23)/b11-10+. The number of rotatable bonds is 4. The van der Waals surface area contributed by atoms with Crippen molar-refractivity contribution in [1.82, 2.24) is 0 Å². The number of nitrogens with zero attached hydrogens (tertiary/aromatic N) is 1. The summed E-state index contributed by atoms with van der Waals surface area (Å²) in [5.74, 6) is -2.56. The molecule has 0 heterocycles. The monoisotopic (exact) mass is 335 g/mol. The Morgan fingerprint density at radius 2 is 1.54 bits per heavy atom. The van der Waals surface area contributed by atoms with Crippen LogP contribution < -0.4 is 4.90 Å². The highest BCUT2D eigenvalue weighted by Crippen LogP contribution is 2.31. The first-order chi connectivity index (χ1) is 11.3. The fourth-order valence-electron chi connectivity index (χ4n) is 2.07. The summed E-state index contributed by atoms with van der Waals surface area (Å²) in [6.45, 7) is 0. The highest BCUT2D eigenvalue weighted by molar-refractivity contribution is 6.09. The number of para-hydroxylation sites is 1. The number of anilines is 1. The zero-order valence-corrected chi connectivity index (χ0v) is 12.2. The Labute approximate surface area is 135 Å². The molecule has 124 valence electrons. The second-order valence-corrected chi connectivity index (χ2v) is 4.70. The number of alkyl halides is 3. The fraction of sp³-hybridized carbons (Fsp3) is 0.0588. The van der Waals surface area contributed by atoms with Crippen molar-refractivity contribution >= 4 is 23.6 Å². The van der Waals surface area contributed by atoms with Gasteiger partial charge in [0.1, 0.15) is 0 Å². The minimum absolute atomic E-state index is 0.0788. The summed E-state index contributed by atoms with van der Waals surface area (Å²) in [6, 6.07) is 12.1. The molecule has 0 aliphatic heterocycles. The van der Waals surface area contributed by atoms with E-state index in [1.807, 2.05) is 0 Å². The van der Waals surface area contributed by atoms with E-state index in [1.165, 1.54) is 54.6 Å². The number of hydrogen-bond acceptors (Lipinski definition) is 2. The maximum absolute atomic E-state index is 13.4. The van der Waals surface area contributed by atoms with Crippen molar-refractivity contribution in [3.05, 3.63) is 71.8 Å². The maximum Gasteiger partial charge on any atom is 0.491 e. The smallest absolute Gasteiger partial charge is 0.478 e. The molecule has 1 N–H and O–H groups in total. The molecule has 0 fully saturated rings. The molecular weight excluding hydrogens is 323 g/mol. The fourth-order valence-corrected chi connectivity index (χ4v) is 2.07. The number of aliphatic carboxylic acids is 1. The third kappa shape index (κ3) is 4.01. The first kappa shape index (κ1) is 17.3. The normalized spacial score (nSPS) is 11.5. The van der Waals surface area contributed by atoms with Crippen LogP contribution in [0.2, 0.25) is 0 Å². The predicted molar refractivity (Wildman–Crippen MR) is 82.4 cm³/mol. The van der Waals surface area contributed by atoms with Gasteiger partial charge in [-0.2, -0.15) is 0 Å². The Hall–Kier alpha value is -3.09. The van der Waals surface area contributed by atoms with E-state index in [-0.39, 0.29) is 21.7 Å². The number of amides is 1. The molecule has 24 heavy (non-hydrogen) atoms. The first-order valence-electron chi connectivity index (χ1n) is 6.77. The van der Waals surface area contributed by atoms with Crippen molar-refractivity contribution < 1.29 is 27.9 Å². The van der Waals surface area contributed by atoms with Gasteiger partial charge in [-0.15, -0.1) is 13.2 Å². The van der Waals surface area contributed by atoms with Gasteiger partial charge < -0.3 is 5.11 Å². The molecule has 0 aromatic heterocycles. The van der Waals surface area contributed by atoms with Gasteiger partial charge in [0, 0.05) is 11.6 Å². The van der Waals surface area contributed by atoms with Crippen LogP contribution in [0.25, 0.3) is 6.08 Å². The van der Waals surface area contributed by atoms with Gasteiger partial charge >= 0.3 is 12.3 Å². The van der Waals surface area contributed by atoms with Gasteiger partial charge in [0.25, 0.3) is 5.91 Å². The second kappa shape index (κ2) is 6.99. The molecule has 0 bridgehead atoms. The average Bonchev–Trinajstić information content (AvgIpc) is 2.53. The lowest BCUT2D eigenvalue weighted by molar-refractivity contribution is -0.131. The van der Waals surface area contributed by atoms with Gasteiger partial charge in [-0.05, 0) is 29.8 Å². The molecule has 0 unspecified atom stereocenters. The van der Waals surface area contributed by atoms with Crippen molar-refractivity contribution in [2.45, 2.75) is 6.30 Å². The summed E-state index contributed by atoms with van der Waals surface area (Å²) in [6.07, 6.45) is -3.09. The number of hydrogen-bond donors (Lipinski definition) is 1. The maximum atomic E-state index is 13.4. The lowest BCUT2D eigenvalue weighted by Crippen LogP contribution is -2.43. The van der Waals surface area contributed by atoms with Crippen molar-refractivity contribution in [2.24, 2.45) is 0 Å². The average molecular weight is 335 g/mol. The number of benzene rings is 2. The van der Waals surface area contributed by atoms with Crippen LogP contribution in [0.4, 0.5) is 18.9 Å². The van der Waals surface area contributed by atoms with Crippen LogP contribution in [0.3, 0.4) is 0 Å². The third-order valence-electron chi connectivity index (χ3n) is 3.07. The van der Waals surface area contributed by atoms with Crippen molar-refractivity contribution in [1.29, 1.82) is 0 Å². The quantitative estimate of drug-likeness (QED) is 0.680. The van der Waals surface area contributed by atoms with Gasteiger partial charge in [-0.1, -0.05) is 36.4 Å². The van der Waals surface area contributed by atoms with Gasteiger partial charge in [0.2, 0.25) is 0 Å². The second-order valence-electron chi connectivity index (χ2n) is 4.70. The van der Waals surface area contributed by atoms with E-state index in [4.69, 9.17) is 5.11 Å². The SMILES string of the molecule is O=C(O)/C=C/c1ccccc1C(=O)N(c1ccccc1)C(F)(F)F. The summed E-state index contributed by atoms with van der Waals surface area (Å²) >= 11 is 0. The van der Waals surface area contributed by atoms with E-state index in [0.717, 1.165) is 12.2 Å². The molecule has 0 spiro atoms. The Balaban J connectivity index is 2.51. The molecule has 2 aromatic carbocycles. The molecule has 0 aliphatic carbocycles. The topological polar surface area (TPSA) is 57.6 Å². The van der Waals surface area contributed by atoms with Crippen molar-refractivity contribution in [3.8, 4) is 0 Å². The molecule has 7 heteroatoms. The molecule has 2 aromatic rings. The zero-order valence-electron chi connectivity index (χ0n) is 12.2. The first-order valence-corrected chi connectivity index (χ1v) is 6.77. The summed E-state index contributed by atoms with van der Waals surface area (Å²) in [5, 5.41) is 8.66. The van der Waals surface area contributed by atoms with Gasteiger partial charge in [0.15, 0.2) is 0 Å². The predicted octanol–water partition coefficient (Wildman–Crippen LogP) is 3.95. The Bertz CT molecular complexity index is 770. The van der Waals surface area contributed by atoms with Crippen LogP contribution in [-0.4, -0.2) is 23.3 Å². The largest absolute Gasteiger partial charge is 0.491 e. The Morgan fingerprint density at radius 3 is 2.12 bits per heavy atom. The number of carboxylic acids is 1. The van der Waals surface area contributed by atoms with Crippen LogP contribution >= 0.6 is 0 Å². The van der Waals surface area contributed by atoms with Crippen molar-refractivity contribution in [2.75, 3.05) is 4.90 Å². The van der Waals surface area contributed by atoms with E-state index in [2.05, 4.69) is 0 Å². The summed E-state index contributed by atoms with van der Waals surface area (Å²) in [4.78, 5) is 22.8. The van der Waals surface area contributed by atoms with Crippen LogP contribution in [0.5, 0.6) is 0 Å². The Morgan fingerprint density at radius 1 is 0.958 bits per heavy atom.